The van der Waals surface area contributed by atoms with Crippen LogP contribution in [0.4, 0.5) is 11.4 Å². The lowest BCUT2D eigenvalue weighted by Crippen LogP contribution is -2.31. The lowest BCUT2D eigenvalue weighted by atomic mass is 9.98. The molecule has 0 spiro atoms. The van der Waals surface area contributed by atoms with E-state index in [1.807, 2.05) is 72.8 Å². The van der Waals surface area contributed by atoms with Crippen LogP contribution in [-0.4, -0.2) is 26.1 Å². The highest BCUT2D eigenvalue weighted by atomic mass is 16.5. The number of ether oxygens (including phenoxy) is 2. The zero-order valence-electron chi connectivity index (χ0n) is 17.2. The van der Waals surface area contributed by atoms with Crippen LogP contribution < -0.4 is 15.0 Å². The monoisotopic (exact) mass is 414 g/mol. The highest BCUT2D eigenvalue weighted by Crippen LogP contribution is 2.42. The number of nitrogens with zero attached hydrogens (tertiary/aromatic N) is 1. The molecule has 31 heavy (non-hydrogen) atoms. The van der Waals surface area contributed by atoms with E-state index in [0.29, 0.717) is 17.1 Å². The lowest BCUT2D eigenvalue weighted by molar-refractivity contribution is -0.136. The SMILES string of the molecule is COC(=O)C1=C(Nc2ccccc2)C(=O)N(c2ccccc2)C1c1ccc(OC)cc1. The molecular formula is C25H22N2O4. The van der Waals surface area contributed by atoms with E-state index in [1.54, 1.807) is 24.1 Å². The average molecular weight is 414 g/mol. The second-order valence-electron chi connectivity index (χ2n) is 6.96. The summed E-state index contributed by atoms with van der Waals surface area (Å²) in [6.07, 6.45) is 0. The summed E-state index contributed by atoms with van der Waals surface area (Å²) < 4.78 is 10.4. The van der Waals surface area contributed by atoms with Gasteiger partial charge in [-0.25, -0.2) is 4.79 Å². The largest absolute Gasteiger partial charge is 0.497 e. The Morgan fingerprint density at radius 3 is 2.06 bits per heavy atom. The standard InChI is InChI=1S/C25H22N2O4/c1-30-20-15-13-17(14-16-20)23-21(25(29)31-2)22(26-18-9-5-3-6-10-18)24(28)27(23)19-11-7-4-8-12-19/h3-16,23,26H,1-2H3. The molecular weight excluding hydrogens is 392 g/mol. The van der Waals surface area contributed by atoms with E-state index in [0.717, 1.165) is 5.56 Å². The van der Waals surface area contributed by atoms with Crippen LogP contribution in [0.1, 0.15) is 11.6 Å². The summed E-state index contributed by atoms with van der Waals surface area (Å²) in [4.78, 5) is 28.2. The Kier molecular flexibility index (Phi) is 5.71. The average Bonchev–Trinajstić information content (AvgIpc) is 3.11. The van der Waals surface area contributed by atoms with Gasteiger partial charge in [0.15, 0.2) is 0 Å². The number of hydrogen-bond acceptors (Lipinski definition) is 5. The van der Waals surface area contributed by atoms with Crippen LogP contribution in [-0.2, 0) is 14.3 Å². The molecule has 0 saturated carbocycles. The fourth-order valence-corrected chi connectivity index (χ4v) is 3.69. The minimum absolute atomic E-state index is 0.197. The molecule has 0 fully saturated rings. The van der Waals surface area contributed by atoms with Gasteiger partial charge in [0.05, 0.1) is 25.8 Å². The Bertz CT molecular complexity index is 1110. The number of anilines is 2. The van der Waals surface area contributed by atoms with Gasteiger partial charge in [0.25, 0.3) is 5.91 Å². The minimum atomic E-state index is -0.653. The van der Waals surface area contributed by atoms with Gasteiger partial charge in [0.1, 0.15) is 11.4 Å². The summed E-state index contributed by atoms with van der Waals surface area (Å²) in [7, 11) is 2.91. The molecule has 1 aliphatic heterocycles. The zero-order chi connectivity index (χ0) is 21.8. The van der Waals surface area contributed by atoms with E-state index in [4.69, 9.17) is 9.47 Å². The fraction of sp³-hybridized carbons (Fsp3) is 0.120. The van der Waals surface area contributed by atoms with Gasteiger partial charge in [-0.3, -0.25) is 9.69 Å². The highest BCUT2D eigenvalue weighted by molar-refractivity contribution is 6.17. The fourth-order valence-electron chi connectivity index (χ4n) is 3.69. The first-order chi connectivity index (χ1) is 15.1. The maximum atomic E-state index is 13.6. The van der Waals surface area contributed by atoms with Crippen LogP contribution in [0, 0.1) is 0 Å². The quantitative estimate of drug-likeness (QED) is 0.609. The number of rotatable bonds is 6. The molecule has 1 aliphatic rings. The number of hydrogen-bond donors (Lipinski definition) is 1. The van der Waals surface area contributed by atoms with Gasteiger partial charge in [0.2, 0.25) is 0 Å². The third kappa shape index (κ3) is 3.88. The Hall–Kier alpha value is -4.06. The maximum absolute atomic E-state index is 13.6. The van der Waals surface area contributed by atoms with Crippen molar-refractivity contribution in [3.63, 3.8) is 0 Å². The van der Waals surface area contributed by atoms with Crippen LogP contribution in [0.5, 0.6) is 5.75 Å². The molecule has 0 aromatic heterocycles. The van der Waals surface area contributed by atoms with Crippen molar-refractivity contribution in [3.8, 4) is 5.75 Å². The van der Waals surface area contributed by atoms with Crippen molar-refractivity contribution >= 4 is 23.3 Å². The third-order valence-corrected chi connectivity index (χ3v) is 5.15. The summed E-state index contributed by atoms with van der Waals surface area (Å²) in [5.74, 6) is -0.187. The second-order valence-corrected chi connectivity index (χ2v) is 6.96. The molecule has 0 bridgehead atoms. The summed E-state index contributed by atoms with van der Waals surface area (Å²) in [6.45, 7) is 0. The number of carbonyl (C=O) groups is 2. The van der Waals surface area contributed by atoms with Crippen molar-refractivity contribution in [1.29, 1.82) is 0 Å². The molecule has 1 heterocycles. The summed E-state index contributed by atoms with van der Waals surface area (Å²) >= 11 is 0. The van der Waals surface area contributed by atoms with Gasteiger partial charge < -0.3 is 14.8 Å². The molecule has 6 heteroatoms. The number of carbonyl (C=O) groups excluding carboxylic acids is 2. The van der Waals surface area contributed by atoms with E-state index in [9.17, 15) is 9.59 Å². The second kappa shape index (κ2) is 8.75. The molecule has 0 saturated heterocycles. The van der Waals surface area contributed by atoms with Crippen molar-refractivity contribution in [3.05, 3.63) is 102 Å². The van der Waals surface area contributed by atoms with Gasteiger partial charge in [-0.1, -0.05) is 48.5 Å². The zero-order valence-corrected chi connectivity index (χ0v) is 17.2. The first kappa shape index (κ1) is 20.2. The van der Waals surface area contributed by atoms with Crippen molar-refractivity contribution in [2.45, 2.75) is 6.04 Å². The van der Waals surface area contributed by atoms with Crippen LogP contribution in [0.2, 0.25) is 0 Å². The number of amides is 1. The molecule has 1 unspecified atom stereocenters. The normalized spacial score (nSPS) is 15.7. The predicted octanol–water partition coefficient (Wildman–Crippen LogP) is 4.32. The van der Waals surface area contributed by atoms with Crippen LogP contribution in [0.15, 0.2) is 96.2 Å². The number of benzene rings is 3. The molecule has 3 aromatic rings. The Morgan fingerprint density at radius 1 is 0.871 bits per heavy atom. The van der Waals surface area contributed by atoms with Gasteiger partial charge in [-0.05, 0) is 42.0 Å². The van der Waals surface area contributed by atoms with Crippen molar-refractivity contribution in [2.75, 3.05) is 24.4 Å². The van der Waals surface area contributed by atoms with Crippen molar-refractivity contribution in [1.82, 2.24) is 0 Å². The smallest absolute Gasteiger partial charge is 0.338 e. The molecule has 0 radical (unpaired) electrons. The van der Waals surface area contributed by atoms with E-state index < -0.39 is 12.0 Å². The molecule has 156 valence electrons. The van der Waals surface area contributed by atoms with Gasteiger partial charge >= 0.3 is 5.97 Å². The lowest BCUT2D eigenvalue weighted by Gasteiger charge is -2.27. The topological polar surface area (TPSA) is 67.9 Å². The van der Waals surface area contributed by atoms with Crippen molar-refractivity contribution in [2.24, 2.45) is 0 Å². The number of esters is 1. The van der Waals surface area contributed by atoms with E-state index in [-0.39, 0.29) is 17.2 Å². The van der Waals surface area contributed by atoms with Crippen LogP contribution in [0.25, 0.3) is 0 Å². The van der Waals surface area contributed by atoms with E-state index in [1.165, 1.54) is 7.11 Å². The highest BCUT2D eigenvalue weighted by Gasteiger charge is 2.45. The molecule has 4 rings (SSSR count). The third-order valence-electron chi connectivity index (χ3n) is 5.15. The summed E-state index contributed by atoms with van der Waals surface area (Å²) in [5.41, 5.74) is 2.60. The van der Waals surface area contributed by atoms with Gasteiger partial charge in [-0.15, -0.1) is 0 Å². The van der Waals surface area contributed by atoms with Gasteiger partial charge in [-0.2, -0.15) is 0 Å². The van der Waals surface area contributed by atoms with E-state index >= 15 is 0 Å². The first-order valence-corrected chi connectivity index (χ1v) is 9.81. The van der Waals surface area contributed by atoms with Gasteiger partial charge in [0, 0.05) is 11.4 Å². The predicted molar refractivity (Wildman–Crippen MR) is 119 cm³/mol. The Labute approximate surface area is 180 Å². The number of nitrogens with one attached hydrogen (secondary N) is 1. The van der Waals surface area contributed by atoms with Crippen molar-refractivity contribution < 1.29 is 19.1 Å². The number of para-hydroxylation sites is 2. The maximum Gasteiger partial charge on any atom is 0.338 e. The minimum Gasteiger partial charge on any atom is -0.497 e. The van der Waals surface area contributed by atoms with Crippen LogP contribution >= 0.6 is 0 Å². The Balaban J connectivity index is 1.88. The van der Waals surface area contributed by atoms with E-state index in [2.05, 4.69) is 5.32 Å². The van der Waals surface area contributed by atoms with Crippen LogP contribution in [0.3, 0.4) is 0 Å². The molecule has 6 nitrogen and oxygen atoms in total. The molecule has 1 N–H and O–H groups in total. The molecule has 1 amide bonds. The number of methoxy groups -OCH3 is 2. The molecule has 1 atom stereocenters. The molecule has 3 aromatic carbocycles. The molecule has 0 aliphatic carbocycles. The Morgan fingerprint density at radius 2 is 1.48 bits per heavy atom. The first-order valence-electron chi connectivity index (χ1n) is 9.81. The summed E-state index contributed by atoms with van der Waals surface area (Å²) in [6, 6.07) is 25.2. The summed E-state index contributed by atoms with van der Waals surface area (Å²) in [5, 5.41) is 3.14.